The van der Waals surface area contributed by atoms with E-state index in [2.05, 4.69) is 24.5 Å². The molecule has 3 heterocycles. The molecule has 6 heteroatoms. The molecule has 0 spiro atoms. The van der Waals surface area contributed by atoms with Crippen molar-refractivity contribution in [2.45, 2.75) is 83.0 Å². The Morgan fingerprint density at radius 3 is 2.61 bits per heavy atom. The fourth-order valence-electron chi connectivity index (χ4n) is 4.40. The summed E-state index contributed by atoms with van der Waals surface area (Å²) in [5, 5.41) is 6.81. The fraction of sp³-hybridized carbons (Fsp3) is 0.882. The van der Waals surface area contributed by atoms with Crippen molar-refractivity contribution in [1.82, 2.24) is 15.5 Å². The van der Waals surface area contributed by atoms with Crippen molar-refractivity contribution in [2.75, 3.05) is 6.54 Å². The van der Waals surface area contributed by atoms with Crippen LogP contribution in [0.3, 0.4) is 0 Å². The van der Waals surface area contributed by atoms with Gasteiger partial charge in [-0.1, -0.05) is 13.3 Å². The van der Waals surface area contributed by atoms with Crippen molar-refractivity contribution in [3.63, 3.8) is 0 Å². The zero-order valence-corrected chi connectivity index (χ0v) is 15.0. The number of likely N-dealkylation sites (tertiary alicyclic amines) is 1. The number of nitrogens with zero attached hydrogens (tertiary/aromatic N) is 1. The maximum atomic E-state index is 12.5. The average Bonchev–Trinajstić information content (AvgIpc) is 3.02. The van der Waals surface area contributed by atoms with Gasteiger partial charge in [0, 0.05) is 37.1 Å². The summed E-state index contributed by atoms with van der Waals surface area (Å²) in [6.07, 6.45) is 7.02. The molecule has 3 aliphatic heterocycles. The Labute approximate surface area is 145 Å². The average molecular weight is 344 g/mol. The normalized spacial score (nSPS) is 34.2. The van der Waals surface area contributed by atoms with Crippen molar-refractivity contribution >= 4 is 24.2 Å². The molecule has 0 aromatic heterocycles. The summed E-state index contributed by atoms with van der Waals surface area (Å²) in [7, 11) is 0. The van der Waals surface area contributed by atoms with Gasteiger partial charge in [0.1, 0.15) is 0 Å². The molecule has 0 saturated carbocycles. The molecule has 23 heavy (non-hydrogen) atoms. The molecule has 2 amide bonds. The molecule has 4 atom stereocenters. The molecule has 2 N–H and O–H groups in total. The number of halogens is 1. The molecular weight excluding hydrogens is 314 g/mol. The van der Waals surface area contributed by atoms with E-state index in [9.17, 15) is 9.59 Å². The van der Waals surface area contributed by atoms with Crippen LogP contribution in [0.15, 0.2) is 0 Å². The number of rotatable bonds is 5. The van der Waals surface area contributed by atoms with Crippen LogP contribution < -0.4 is 10.6 Å². The van der Waals surface area contributed by atoms with Crippen molar-refractivity contribution in [3.8, 4) is 0 Å². The van der Waals surface area contributed by atoms with Crippen LogP contribution in [0.2, 0.25) is 0 Å². The summed E-state index contributed by atoms with van der Waals surface area (Å²) < 4.78 is 0. The van der Waals surface area contributed by atoms with Gasteiger partial charge in [-0.25, -0.2) is 0 Å². The Kier molecular flexibility index (Phi) is 6.32. The first-order valence-electron chi connectivity index (χ1n) is 8.92. The lowest BCUT2D eigenvalue weighted by molar-refractivity contribution is -0.130. The van der Waals surface area contributed by atoms with E-state index in [-0.39, 0.29) is 36.2 Å². The Hall–Kier alpha value is -0.810. The van der Waals surface area contributed by atoms with Crippen LogP contribution in [0.4, 0.5) is 0 Å². The summed E-state index contributed by atoms with van der Waals surface area (Å²) >= 11 is 0. The van der Waals surface area contributed by atoms with Crippen LogP contribution in [-0.2, 0) is 9.59 Å². The van der Waals surface area contributed by atoms with Crippen LogP contribution in [0, 0.1) is 5.92 Å². The first-order valence-corrected chi connectivity index (χ1v) is 8.92. The van der Waals surface area contributed by atoms with Gasteiger partial charge >= 0.3 is 0 Å². The molecule has 0 radical (unpaired) electrons. The Balaban J connectivity index is 0.00000192. The van der Waals surface area contributed by atoms with Gasteiger partial charge in [0.2, 0.25) is 11.8 Å². The highest BCUT2D eigenvalue weighted by Crippen LogP contribution is 2.28. The number of carbonyl (C=O) groups excluding carboxylic acids is 2. The zero-order valence-electron chi connectivity index (χ0n) is 14.2. The second-order valence-electron chi connectivity index (χ2n) is 7.40. The summed E-state index contributed by atoms with van der Waals surface area (Å²) in [6, 6.07) is 1.71. The van der Waals surface area contributed by atoms with Gasteiger partial charge in [0.15, 0.2) is 0 Å². The monoisotopic (exact) mass is 343 g/mol. The van der Waals surface area contributed by atoms with Crippen LogP contribution >= 0.6 is 12.4 Å². The summed E-state index contributed by atoms with van der Waals surface area (Å²) in [5.41, 5.74) is 0. The predicted molar refractivity (Wildman–Crippen MR) is 92.5 cm³/mol. The number of piperidine rings is 1. The van der Waals surface area contributed by atoms with E-state index in [0.717, 1.165) is 25.7 Å². The minimum absolute atomic E-state index is 0. The molecule has 4 unspecified atom stereocenters. The molecule has 0 aliphatic carbocycles. The molecule has 3 fully saturated rings. The molecule has 3 aliphatic rings. The van der Waals surface area contributed by atoms with E-state index in [4.69, 9.17) is 0 Å². The second kappa shape index (κ2) is 7.84. The first-order chi connectivity index (χ1) is 10.6. The summed E-state index contributed by atoms with van der Waals surface area (Å²) in [5.74, 6) is 0.0803. The maximum absolute atomic E-state index is 12.5. The van der Waals surface area contributed by atoms with Gasteiger partial charge < -0.3 is 15.5 Å². The smallest absolute Gasteiger partial charge is 0.225 e. The van der Waals surface area contributed by atoms with Gasteiger partial charge in [-0.3, -0.25) is 9.59 Å². The quantitative estimate of drug-likeness (QED) is 0.800. The van der Waals surface area contributed by atoms with E-state index in [0.29, 0.717) is 31.1 Å². The Morgan fingerprint density at radius 2 is 2.00 bits per heavy atom. The number of amides is 2. The second-order valence-corrected chi connectivity index (χ2v) is 7.40. The first kappa shape index (κ1) is 18.5. The minimum Gasteiger partial charge on any atom is -0.353 e. The van der Waals surface area contributed by atoms with Crippen LogP contribution in [0.1, 0.15) is 58.8 Å². The lowest BCUT2D eigenvalue weighted by Crippen LogP contribution is -2.49. The van der Waals surface area contributed by atoms with Gasteiger partial charge in [0.25, 0.3) is 0 Å². The summed E-state index contributed by atoms with van der Waals surface area (Å²) in [4.78, 5) is 26.6. The zero-order chi connectivity index (χ0) is 15.7. The Morgan fingerprint density at radius 1 is 1.35 bits per heavy atom. The van der Waals surface area contributed by atoms with E-state index in [1.165, 1.54) is 12.8 Å². The molecule has 0 aromatic rings. The van der Waals surface area contributed by atoms with Gasteiger partial charge in [-0.15, -0.1) is 12.4 Å². The number of fused-ring (bicyclic) bond motifs is 2. The third-order valence-electron chi connectivity index (χ3n) is 5.59. The molecule has 3 rings (SSSR count). The molecule has 5 nitrogen and oxygen atoms in total. The highest BCUT2D eigenvalue weighted by Gasteiger charge is 2.39. The maximum Gasteiger partial charge on any atom is 0.225 e. The molecule has 0 aromatic carbocycles. The van der Waals surface area contributed by atoms with Crippen molar-refractivity contribution in [1.29, 1.82) is 0 Å². The number of carbonyl (C=O) groups is 2. The largest absolute Gasteiger partial charge is 0.353 e. The van der Waals surface area contributed by atoms with Crippen LogP contribution in [-0.4, -0.2) is 47.4 Å². The Bertz CT molecular complexity index is 434. The topological polar surface area (TPSA) is 61.4 Å². The van der Waals surface area contributed by atoms with Gasteiger partial charge in [0.05, 0.1) is 5.92 Å². The SMILES string of the molecule is CCCC(C)N1CC(C(=O)NC2CC3CCC(C2)N3)CC1=O.Cl. The predicted octanol–water partition coefficient (Wildman–Crippen LogP) is 1.84. The molecular formula is C17H30ClN3O2. The van der Waals surface area contributed by atoms with Crippen LogP contribution in [0.25, 0.3) is 0 Å². The lowest BCUT2D eigenvalue weighted by Gasteiger charge is -2.30. The van der Waals surface area contributed by atoms with Crippen LogP contribution in [0.5, 0.6) is 0 Å². The van der Waals surface area contributed by atoms with Crippen molar-refractivity contribution in [3.05, 3.63) is 0 Å². The highest BCUT2D eigenvalue weighted by atomic mass is 35.5. The molecule has 132 valence electrons. The third-order valence-corrected chi connectivity index (χ3v) is 5.59. The van der Waals surface area contributed by atoms with E-state index in [1.807, 2.05) is 4.90 Å². The fourth-order valence-corrected chi connectivity index (χ4v) is 4.40. The highest BCUT2D eigenvalue weighted by molar-refractivity contribution is 5.89. The molecule has 2 bridgehead atoms. The van der Waals surface area contributed by atoms with E-state index < -0.39 is 0 Å². The lowest BCUT2D eigenvalue weighted by atomic mass is 9.98. The van der Waals surface area contributed by atoms with Crippen molar-refractivity contribution < 1.29 is 9.59 Å². The number of nitrogens with one attached hydrogen (secondary N) is 2. The van der Waals surface area contributed by atoms with E-state index in [1.54, 1.807) is 0 Å². The molecule has 3 saturated heterocycles. The van der Waals surface area contributed by atoms with Crippen molar-refractivity contribution in [2.24, 2.45) is 5.92 Å². The standard InChI is InChI=1S/C17H29N3O2.ClH/c1-3-4-11(2)20-10-12(7-16(20)21)17(22)19-15-8-13-5-6-14(9-15)18-13;/h11-15,18H,3-10H2,1-2H3,(H,19,22);1H. The number of hydrogen-bond acceptors (Lipinski definition) is 3. The van der Waals surface area contributed by atoms with E-state index >= 15 is 0 Å². The third kappa shape index (κ3) is 4.18. The minimum atomic E-state index is -0.153. The van der Waals surface area contributed by atoms with Gasteiger partial charge in [-0.2, -0.15) is 0 Å². The van der Waals surface area contributed by atoms with Gasteiger partial charge in [-0.05, 0) is 39.0 Å². The summed E-state index contributed by atoms with van der Waals surface area (Å²) in [6.45, 7) is 4.82. The number of hydrogen-bond donors (Lipinski definition) is 2.